The topological polar surface area (TPSA) is 97.3 Å². The number of rotatable bonds is 6. The normalized spacial score (nSPS) is 10.9. The van der Waals surface area contributed by atoms with Gasteiger partial charge in [0.1, 0.15) is 0 Å². The van der Waals surface area contributed by atoms with E-state index in [4.69, 9.17) is 10.8 Å². The fourth-order valence-corrected chi connectivity index (χ4v) is 1.49. The molecule has 0 unspecified atom stereocenters. The van der Waals surface area contributed by atoms with Gasteiger partial charge >= 0.3 is 0 Å². The minimum Gasteiger partial charge on any atom is -0.395 e. The predicted octanol–water partition coefficient (Wildman–Crippen LogP) is -0.920. The van der Waals surface area contributed by atoms with Crippen molar-refractivity contribution >= 4 is 5.91 Å². The van der Waals surface area contributed by atoms with Crippen LogP contribution in [-0.4, -0.2) is 56.6 Å². The largest absolute Gasteiger partial charge is 0.395 e. The Morgan fingerprint density at radius 1 is 1.65 bits per heavy atom. The van der Waals surface area contributed by atoms with Gasteiger partial charge in [0.15, 0.2) is 5.69 Å². The molecule has 1 aromatic heterocycles. The van der Waals surface area contributed by atoms with Crippen LogP contribution in [0.3, 0.4) is 0 Å². The van der Waals surface area contributed by atoms with Gasteiger partial charge in [-0.3, -0.25) is 9.48 Å². The van der Waals surface area contributed by atoms with Crippen molar-refractivity contribution in [3.63, 3.8) is 0 Å². The highest BCUT2D eigenvalue weighted by Gasteiger charge is 2.20. The number of hydrogen-bond donors (Lipinski definition) is 2. The summed E-state index contributed by atoms with van der Waals surface area (Å²) in [6.07, 6.45) is 1.57. The van der Waals surface area contributed by atoms with Gasteiger partial charge in [0, 0.05) is 19.1 Å². The molecule has 0 radical (unpaired) electrons. The molecule has 1 aromatic rings. The molecule has 0 atom stereocenters. The van der Waals surface area contributed by atoms with E-state index in [-0.39, 0.29) is 24.2 Å². The number of hydrogen-bond acceptors (Lipinski definition) is 5. The number of amides is 1. The fourth-order valence-electron chi connectivity index (χ4n) is 1.49. The Hall–Kier alpha value is -1.47. The smallest absolute Gasteiger partial charge is 0.276 e. The first-order chi connectivity index (χ1) is 8.10. The molecule has 1 rings (SSSR count). The molecule has 96 valence electrons. The van der Waals surface area contributed by atoms with Crippen molar-refractivity contribution in [3.05, 3.63) is 11.9 Å². The van der Waals surface area contributed by atoms with Gasteiger partial charge in [-0.05, 0) is 13.8 Å². The molecule has 0 aliphatic heterocycles. The van der Waals surface area contributed by atoms with Crippen LogP contribution in [0.4, 0.5) is 0 Å². The maximum Gasteiger partial charge on any atom is 0.276 e. The summed E-state index contributed by atoms with van der Waals surface area (Å²) in [5, 5.41) is 16.5. The monoisotopic (exact) mass is 241 g/mol. The highest BCUT2D eigenvalue weighted by atomic mass is 16.3. The number of nitrogens with zero attached hydrogens (tertiary/aromatic N) is 4. The first-order valence-electron chi connectivity index (χ1n) is 5.62. The Bertz CT molecular complexity index is 363. The van der Waals surface area contributed by atoms with E-state index < -0.39 is 0 Å². The van der Waals surface area contributed by atoms with Gasteiger partial charge in [-0.1, -0.05) is 5.21 Å². The van der Waals surface area contributed by atoms with Crippen molar-refractivity contribution < 1.29 is 9.90 Å². The number of carbonyl (C=O) groups excluding carboxylic acids is 1. The molecule has 7 nitrogen and oxygen atoms in total. The average molecular weight is 241 g/mol. The van der Waals surface area contributed by atoms with Crippen LogP contribution in [0.15, 0.2) is 6.20 Å². The van der Waals surface area contributed by atoms with E-state index in [1.54, 1.807) is 11.1 Å². The van der Waals surface area contributed by atoms with E-state index in [2.05, 4.69) is 10.3 Å². The second-order valence-electron chi connectivity index (χ2n) is 3.97. The third kappa shape index (κ3) is 3.50. The first-order valence-corrected chi connectivity index (χ1v) is 5.62. The van der Waals surface area contributed by atoms with Gasteiger partial charge in [0.2, 0.25) is 0 Å². The van der Waals surface area contributed by atoms with Crippen LogP contribution in [0.25, 0.3) is 0 Å². The lowest BCUT2D eigenvalue weighted by Crippen LogP contribution is -2.39. The second-order valence-corrected chi connectivity index (χ2v) is 3.97. The summed E-state index contributed by atoms with van der Waals surface area (Å²) in [4.78, 5) is 13.6. The first kappa shape index (κ1) is 13.6. The number of aromatic nitrogens is 3. The molecule has 1 heterocycles. The van der Waals surface area contributed by atoms with E-state index in [9.17, 15) is 4.79 Å². The number of aliphatic hydroxyl groups is 1. The molecular formula is C10H19N5O2. The molecule has 0 aliphatic carbocycles. The quantitative estimate of drug-likeness (QED) is 0.671. The zero-order chi connectivity index (χ0) is 12.8. The van der Waals surface area contributed by atoms with Gasteiger partial charge in [0.05, 0.1) is 19.3 Å². The van der Waals surface area contributed by atoms with Crippen molar-refractivity contribution in [1.82, 2.24) is 19.9 Å². The van der Waals surface area contributed by atoms with Crippen molar-refractivity contribution in [2.45, 2.75) is 26.4 Å². The summed E-state index contributed by atoms with van der Waals surface area (Å²) in [5.74, 6) is -0.225. The number of carbonyl (C=O) groups is 1. The Balaban J connectivity index is 2.78. The molecule has 1 amide bonds. The van der Waals surface area contributed by atoms with Crippen LogP contribution in [-0.2, 0) is 6.54 Å². The summed E-state index contributed by atoms with van der Waals surface area (Å²) in [6, 6.07) is 0.00862. The van der Waals surface area contributed by atoms with E-state index in [1.807, 2.05) is 13.8 Å². The van der Waals surface area contributed by atoms with E-state index in [1.165, 1.54) is 4.68 Å². The van der Waals surface area contributed by atoms with Gasteiger partial charge in [-0.15, -0.1) is 5.10 Å². The lowest BCUT2D eigenvalue weighted by Gasteiger charge is -2.24. The fraction of sp³-hybridized carbons (Fsp3) is 0.700. The van der Waals surface area contributed by atoms with Gasteiger partial charge in [-0.25, -0.2) is 0 Å². The molecule has 0 fully saturated rings. The van der Waals surface area contributed by atoms with Crippen LogP contribution in [0, 0.1) is 0 Å². The summed E-state index contributed by atoms with van der Waals surface area (Å²) in [7, 11) is 0. The Labute approximate surface area is 100 Å². The zero-order valence-corrected chi connectivity index (χ0v) is 10.2. The average Bonchev–Trinajstić information content (AvgIpc) is 2.73. The third-order valence-corrected chi connectivity index (χ3v) is 2.34. The summed E-state index contributed by atoms with van der Waals surface area (Å²) in [5.41, 5.74) is 5.66. The molecule has 7 heteroatoms. The number of nitrogens with two attached hydrogens (primary N) is 1. The Morgan fingerprint density at radius 2 is 2.35 bits per heavy atom. The van der Waals surface area contributed by atoms with E-state index in [0.29, 0.717) is 19.6 Å². The molecular weight excluding hydrogens is 222 g/mol. The molecule has 0 saturated heterocycles. The minimum atomic E-state index is -0.225. The van der Waals surface area contributed by atoms with Gasteiger partial charge in [-0.2, -0.15) is 0 Å². The van der Waals surface area contributed by atoms with E-state index >= 15 is 0 Å². The molecule has 0 spiro atoms. The number of aliphatic hydroxyl groups excluding tert-OH is 1. The van der Waals surface area contributed by atoms with Gasteiger partial charge < -0.3 is 15.7 Å². The van der Waals surface area contributed by atoms with Crippen LogP contribution in [0.5, 0.6) is 0 Å². The highest BCUT2D eigenvalue weighted by molar-refractivity contribution is 5.92. The molecule has 3 N–H and O–H groups in total. The highest BCUT2D eigenvalue weighted by Crippen LogP contribution is 2.05. The molecule has 0 saturated carbocycles. The molecule has 0 aliphatic rings. The van der Waals surface area contributed by atoms with Crippen LogP contribution in [0.1, 0.15) is 24.3 Å². The summed E-state index contributed by atoms with van der Waals surface area (Å²) in [6.45, 7) is 4.97. The van der Waals surface area contributed by atoms with Crippen LogP contribution < -0.4 is 5.73 Å². The Kier molecular flexibility index (Phi) is 5.05. The standard InChI is InChI=1S/C10H19N5O2/c1-8(2)15(5-6-16)10(17)9-7-14(4-3-11)13-12-9/h7-8,16H,3-6,11H2,1-2H3. The molecule has 17 heavy (non-hydrogen) atoms. The lowest BCUT2D eigenvalue weighted by molar-refractivity contribution is 0.0659. The van der Waals surface area contributed by atoms with Crippen molar-refractivity contribution in [3.8, 4) is 0 Å². The molecule has 0 aromatic carbocycles. The second kappa shape index (κ2) is 6.31. The SMILES string of the molecule is CC(C)N(CCO)C(=O)c1cn(CCN)nn1. The minimum absolute atomic E-state index is 0.00862. The van der Waals surface area contributed by atoms with Gasteiger partial charge in [0.25, 0.3) is 5.91 Å². The van der Waals surface area contributed by atoms with Crippen LogP contribution in [0.2, 0.25) is 0 Å². The van der Waals surface area contributed by atoms with Crippen LogP contribution >= 0.6 is 0 Å². The molecule has 0 bridgehead atoms. The maximum atomic E-state index is 12.1. The third-order valence-electron chi connectivity index (χ3n) is 2.34. The van der Waals surface area contributed by atoms with Crippen molar-refractivity contribution in [2.24, 2.45) is 5.73 Å². The van der Waals surface area contributed by atoms with Crippen molar-refractivity contribution in [2.75, 3.05) is 19.7 Å². The zero-order valence-electron chi connectivity index (χ0n) is 10.2. The van der Waals surface area contributed by atoms with Crippen molar-refractivity contribution in [1.29, 1.82) is 0 Å². The lowest BCUT2D eigenvalue weighted by atomic mass is 10.3. The summed E-state index contributed by atoms with van der Waals surface area (Å²) < 4.78 is 1.53. The summed E-state index contributed by atoms with van der Waals surface area (Å²) >= 11 is 0. The predicted molar refractivity (Wildman–Crippen MR) is 62.3 cm³/mol. The maximum absolute atomic E-state index is 12.1. The Morgan fingerprint density at radius 3 is 2.88 bits per heavy atom. The van der Waals surface area contributed by atoms with E-state index in [0.717, 1.165) is 0 Å².